The van der Waals surface area contributed by atoms with E-state index in [-0.39, 0.29) is 0 Å². The molecule has 0 radical (unpaired) electrons. The lowest BCUT2D eigenvalue weighted by molar-refractivity contribution is -0.131. The van der Waals surface area contributed by atoms with Crippen LogP contribution in [-0.2, 0) is 4.79 Å². The fourth-order valence-electron chi connectivity index (χ4n) is 1.83. The van der Waals surface area contributed by atoms with Crippen LogP contribution in [0.3, 0.4) is 0 Å². The zero-order valence-electron chi connectivity index (χ0n) is 8.25. The summed E-state index contributed by atoms with van der Waals surface area (Å²) in [6.07, 6.45) is 8.55. The Morgan fingerprint density at radius 2 is 2.38 bits per heavy atom. The Morgan fingerprint density at radius 1 is 1.62 bits per heavy atom. The van der Waals surface area contributed by atoms with Crippen LogP contribution in [-0.4, -0.2) is 11.1 Å². The average molecular weight is 182 g/mol. The predicted octanol–water partition coefficient (Wildman–Crippen LogP) is 2.99. The van der Waals surface area contributed by atoms with Gasteiger partial charge in [0.1, 0.15) is 0 Å². The van der Waals surface area contributed by atoms with Crippen molar-refractivity contribution in [1.82, 2.24) is 0 Å². The third kappa shape index (κ3) is 3.21. The van der Waals surface area contributed by atoms with Gasteiger partial charge in [-0.2, -0.15) is 0 Å². The van der Waals surface area contributed by atoms with Gasteiger partial charge in [0.15, 0.2) is 0 Å². The van der Waals surface area contributed by atoms with Gasteiger partial charge in [-0.05, 0) is 25.2 Å². The normalized spacial score (nSPS) is 24.4. The molecule has 1 fully saturated rings. The first-order chi connectivity index (χ1) is 6.24. The molecule has 2 nitrogen and oxygen atoms in total. The van der Waals surface area contributed by atoms with E-state index in [1.807, 2.05) is 0 Å². The minimum absolute atomic E-state index is 0.586. The maximum atomic E-state index is 10.4. The first-order valence-electron chi connectivity index (χ1n) is 5.17. The average Bonchev–Trinajstić information content (AvgIpc) is 2.06. The molecule has 0 aromatic rings. The van der Waals surface area contributed by atoms with E-state index in [0.717, 1.165) is 12.0 Å². The highest BCUT2D eigenvalue weighted by atomic mass is 16.4. The molecule has 1 unspecified atom stereocenters. The Bertz CT molecular complexity index is 206. The lowest BCUT2D eigenvalue weighted by atomic mass is 9.76. The van der Waals surface area contributed by atoms with Crippen molar-refractivity contribution >= 4 is 5.97 Å². The van der Waals surface area contributed by atoms with Crippen molar-refractivity contribution in [2.75, 3.05) is 0 Å². The first-order valence-corrected chi connectivity index (χ1v) is 5.17. The Labute approximate surface area is 79.6 Å². The van der Waals surface area contributed by atoms with Gasteiger partial charge in [-0.1, -0.05) is 31.8 Å². The first kappa shape index (κ1) is 10.3. The van der Waals surface area contributed by atoms with Crippen LogP contribution in [0.15, 0.2) is 11.6 Å². The van der Waals surface area contributed by atoms with Crippen LogP contribution in [0.2, 0.25) is 0 Å². The van der Waals surface area contributed by atoms with Crippen LogP contribution >= 0.6 is 0 Å². The van der Waals surface area contributed by atoms with Crippen molar-refractivity contribution in [2.24, 2.45) is 5.92 Å². The summed E-state index contributed by atoms with van der Waals surface area (Å²) in [7, 11) is 0. The Kier molecular flexibility index (Phi) is 4.00. The molecule has 0 amide bonds. The second-order valence-electron chi connectivity index (χ2n) is 3.79. The number of hydrogen-bond donors (Lipinski definition) is 1. The van der Waals surface area contributed by atoms with E-state index in [4.69, 9.17) is 5.11 Å². The molecule has 1 saturated carbocycles. The van der Waals surface area contributed by atoms with Crippen LogP contribution in [0.5, 0.6) is 0 Å². The second-order valence-corrected chi connectivity index (χ2v) is 3.79. The standard InChI is InChI=1S/C11H18O2/c1-2-3-4-5-9-6-7-10(9)8-11(12)13/h8-9H,2-7H2,1H3,(H,12,13)/b10-8-. The summed E-state index contributed by atoms with van der Waals surface area (Å²) in [6.45, 7) is 2.19. The maximum Gasteiger partial charge on any atom is 0.328 e. The van der Waals surface area contributed by atoms with Crippen molar-refractivity contribution in [1.29, 1.82) is 0 Å². The number of aliphatic carboxylic acids is 1. The molecule has 0 spiro atoms. The highest BCUT2D eigenvalue weighted by Gasteiger charge is 2.23. The molecule has 0 saturated heterocycles. The summed E-state index contributed by atoms with van der Waals surface area (Å²) < 4.78 is 0. The van der Waals surface area contributed by atoms with Crippen LogP contribution in [0.4, 0.5) is 0 Å². The predicted molar refractivity (Wildman–Crippen MR) is 52.6 cm³/mol. The Hall–Kier alpha value is -0.790. The van der Waals surface area contributed by atoms with E-state index in [2.05, 4.69) is 6.92 Å². The highest BCUT2D eigenvalue weighted by molar-refractivity contribution is 5.81. The minimum atomic E-state index is -0.782. The van der Waals surface area contributed by atoms with E-state index in [9.17, 15) is 4.79 Å². The lowest BCUT2D eigenvalue weighted by Gasteiger charge is -2.29. The van der Waals surface area contributed by atoms with Gasteiger partial charge in [-0.3, -0.25) is 0 Å². The van der Waals surface area contributed by atoms with Gasteiger partial charge in [0.25, 0.3) is 0 Å². The largest absolute Gasteiger partial charge is 0.478 e. The third-order valence-corrected chi connectivity index (χ3v) is 2.77. The number of carbonyl (C=O) groups is 1. The molecule has 1 rings (SSSR count). The zero-order valence-corrected chi connectivity index (χ0v) is 8.25. The topological polar surface area (TPSA) is 37.3 Å². The van der Waals surface area contributed by atoms with E-state index in [1.54, 1.807) is 0 Å². The van der Waals surface area contributed by atoms with E-state index >= 15 is 0 Å². The summed E-state index contributed by atoms with van der Waals surface area (Å²) in [4.78, 5) is 10.4. The Morgan fingerprint density at radius 3 is 2.85 bits per heavy atom. The minimum Gasteiger partial charge on any atom is -0.478 e. The summed E-state index contributed by atoms with van der Waals surface area (Å²) in [5.41, 5.74) is 1.16. The molecule has 1 aliphatic carbocycles. The van der Waals surface area contributed by atoms with Crippen molar-refractivity contribution in [2.45, 2.75) is 45.4 Å². The van der Waals surface area contributed by atoms with Crippen molar-refractivity contribution in [3.8, 4) is 0 Å². The zero-order chi connectivity index (χ0) is 9.68. The van der Waals surface area contributed by atoms with Crippen LogP contribution in [0.1, 0.15) is 45.4 Å². The number of allylic oxidation sites excluding steroid dienone is 1. The number of hydrogen-bond acceptors (Lipinski definition) is 1. The number of unbranched alkanes of at least 4 members (excludes halogenated alkanes) is 2. The van der Waals surface area contributed by atoms with E-state index in [1.165, 1.54) is 38.2 Å². The quantitative estimate of drug-likeness (QED) is 0.524. The monoisotopic (exact) mass is 182 g/mol. The van der Waals surface area contributed by atoms with Gasteiger partial charge in [0.05, 0.1) is 0 Å². The summed E-state index contributed by atoms with van der Waals surface area (Å²) in [5.74, 6) is -0.196. The van der Waals surface area contributed by atoms with E-state index in [0.29, 0.717) is 5.92 Å². The van der Waals surface area contributed by atoms with Gasteiger partial charge in [-0.15, -0.1) is 0 Å². The molecule has 0 aromatic heterocycles. The molecular weight excluding hydrogens is 164 g/mol. The highest BCUT2D eigenvalue weighted by Crippen LogP contribution is 2.37. The summed E-state index contributed by atoms with van der Waals surface area (Å²) in [5, 5.41) is 8.56. The molecule has 1 N–H and O–H groups in total. The summed E-state index contributed by atoms with van der Waals surface area (Å²) >= 11 is 0. The van der Waals surface area contributed by atoms with Crippen LogP contribution < -0.4 is 0 Å². The molecule has 0 heterocycles. The van der Waals surface area contributed by atoms with Crippen molar-refractivity contribution in [3.05, 3.63) is 11.6 Å². The Balaban J connectivity index is 2.24. The van der Waals surface area contributed by atoms with Gasteiger partial charge >= 0.3 is 5.97 Å². The van der Waals surface area contributed by atoms with Gasteiger partial charge in [0, 0.05) is 6.08 Å². The fourth-order valence-corrected chi connectivity index (χ4v) is 1.83. The van der Waals surface area contributed by atoms with Gasteiger partial charge < -0.3 is 5.11 Å². The SMILES string of the molecule is CCCCCC1CC/C1=C/C(=O)O. The molecule has 0 bridgehead atoms. The fraction of sp³-hybridized carbons (Fsp3) is 0.727. The molecule has 0 aromatic carbocycles. The number of rotatable bonds is 5. The van der Waals surface area contributed by atoms with Crippen LogP contribution in [0.25, 0.3) is 0 Å². The third-order valence-electron chi connectivity index (χ3n) is 2.77. The smallest absolute Gasteiger partial charge is 0.328 e. The molecule has 0 aliphatic heterocycles. The number of carboxylic acid groups (broad SMARTS) is 1. The van der Waals surface area contributed by atoms with Crippen molar-refractivity contribution < 1.29 is 9.90 Å². The van der Waals surface area contributed by atoms with E-state index < -0.39 is 5.97 Å². The molecule has 13 heavy (non-hydrogen) atoms. The maximum absolute atomic E-state index is 10.4. The molecule has 2 heteroatoms. The van der Waals surface area contributed by atoms with Gasteiger partial charge in [0.2, 0.25) is 0 Å². The second kappa shape index (κ2) is 5.05. The van der Waals surface area contributed by atoms with Gasteiger partial charge in [-0.25, -0.2) is 4.79 Å². The lowest BCUT2D eigenvalue weighted by Crippen LogP contribution is -2.16. The molecule has 1 aliphatic rings. The van der Waals surface area contributed by atoms with Crippen molar-refractivity contribution in [3.63, 3.8) is 0 Å². The molecule has 1 atom stereocenters. The number of carboxylic acids is 1. The summed E-state index contributed by atoms with van der Waals surface area (Å²) in [6, 6.07) is 0. The molecular formula is C11H18O2. The van der Waals surface area contributed by atoms with Crippen LogP contribution in [0, 0.1) is 5.92 Å². The molecule has 74 valence electrons.